The molecule has 1 unspecified atom stereocenters. The number of nitrogens with one attached hydrogen (secondary N) is 1. The van der Waals surface area contributed by atoms with Gasteiger partial charge in [-0.1, -0.05) is 43.3 Å². The van der Waals surface area contributed by atoms with E-state index in [-0.39, 0.29) is 5.91 Å². The molecule has 3 nitrogen and oxygen atoms in total. The van der Waals surface area contributed by atoms with Gasteiger partial charge in [-0.25, -0.2) is 0 Å². The van der Waals surface area contributed by atoms with Crippen molar-refractivity contribution in [2.24, 2.45) is 0 Å². The number of benzene rings is 1. The molecule has 0 spiro atoms. The van der Waals surface area contributed by atoms with E-state index >= 15 is 0 Å². The highest BCUT2D eigenvalue weighted by molar-refractivity contribution is 5.76. The predicted molar refractivity (Wildman–Crippen MR) is 77.9 cm³/mol. The monoisotopic (exact) mass is 261 g/mol. The summed E-state index contributed by atoms with van der Waals surface area (Å²) < 4.78 is 5.69. The maximum atomic E-state index is 11.7. The van der Waals surface area contributed by atoms with Gasteiger partial charge in [0.1, 0.15) is 5.60 Å². The molecule has 1 amide bonds. The molecular weight excluding hydrogens is 238 g/mol. The summed E-state index contributed by atoms with van der Waals surface area (Å²) in [4.78, 5) is 11.7. The van der Waals surface area contributed by atoms with Crippen LogP contribution < -0.4 is 5.32 Å². The van der Waals surface area contributed by atoms with Crippen molar-refractivity contribution in [2.75, 3.05) is 13.7 Å². The van der Waals surface area contributed by atoms with Crippen LogP contribution in [0.4, 0.5) is 0 Å². The minimum absolute atomic E-state index is 0.0331. The summed E-state index contributed by atoms with van der Waals surface area (Å²) in [6, 6.07) is 10.0. The van der Waals surface area contributed by atoms with Crippen LogP contribution >= 0.6 is 0 Å². The number of ether oxygens (including phenoxy) is 1. The molecule has 0 aliphatic rings. The van der Waals surface area contributed by atoms with Crippen molar-refractivity contribution < 1.29 is 9.53 Å². The van der Waals surface area contributed by atoms with E-state index in [4.69, 9.17) is 4.74 Å². The van der Waals surface area contributed by atoms with Gasteiger partial charge in [-0.15, -0.1) is 6.58 Å². The lowest BCUT2D eigenvalue weighted by Gasteiger charge is -2.32. The van der Waals surface area contributed by atoms with Gasteiger partial charge in [0.15, 0.2) is 0 Å². The lowest BCUT2D eigenvalue weighted by atomic mass is 9.90. The minimum atomic E-state index is -0.453. The molecule has 0 aliphatic carbocycles. The van der Waals surface area contributed by atoms with Crippen LogP contribution in [0.2, 0.25) is 0 Å². The van der Waals surface area contributed by atoms with E-state index in [0.29, 0.717) is 19.4 Å². The summed E-state index contributed by atoms with van der Waals surface area (Å²) in [6.45, 7) is 6.16. The Hall–Kier alpha value is -1.61. The molecule has 0 saturated carbocycles. The fraction of sp³-hybridized carbons (Fsp3) is 0.438. The zero-order chi connectivity index (χ0) is 14.1. The van der Waals surface area contributed by atoms with Crippen molar-refractivity contribution in [2.45, 2.75) is 31.8 Å². The number of carbonyl (C=O) groups is 1. The van der Waals surface area contributed by atoms with Gasteiger partial charge in [0.2, 0.25) is 5.91 Å². The molecule has 1 N–H and O–H groups in total. The fourth-order valence-corrected chi connectivity index (χ4v) is 2.07. The van der Waals surface area contributed by atoms with E-state index in [1.165, 1.54) is 0 Å². The maximum absolute atomic E-state index is 11.7. The normalized spacial score (nSPS) is 13.6. The summed E-state index contributed by atoms with van der Waals surface area (Å²) in [5, 5.41) is 2.95. The average molecular weight is 261 g/mol. The van der Waals surface area contributed by atoms with Crippen LogP contribution in [0.3, 0.4) is 0 Å². The Morgan fingerprint density at radius 3 is 2.63 bits per heavy atom. The number of carbonyl (C=O) groups excluding carboxylic acids is 1. The standard InChI is InChI=1S/C16H23NO2/c1-4-6-12-15(18)17-13-16(5-2,19-3)14-10-8-7-9-11-14/h4,7-11H,1,5-6,12-13H2,2-3H3,(H,17,18). The second kappa shape index (κ2) is 7.74. The van der Waals surface area contributed by atoms with Crippen molar-refractivity contribution in [1.29, 1.82) is 0 Å². The highest BCUT2D eigenvalue weighted by Gasteiger charge is 2.30. The summed E-state index contributed by atoms with van der Waals surface area (Å²) in [7, 11) is 1.69. The molecule has 0 saturated heterocycles. The zero-order valence-electron chi connectivity index (χ0n) is 11.8. The van der Waals surface area contributed by atoms with Crippen LogP contribution in [0.25, 0.3) is 0 Å². The van der Waals surface area contributed by atoms with E-state index in [9.17, 15) is 4.79 Å². The Kier molecular flexibility index (Phi) is 6.30. The van der Waals surface area contributed by atoms with Crippen LogP contribution in [0.5, 0.6) is 0 Å². The summed E-state index contributed by atoms with van der Waals surface area (Å²) >= 11 is 0. The number of amides is 1. The van der Waals surface area contributed by atoms with Crippen LogP contribution in [-0.2, 0) is 15.1 Å². The third-order valence-electron chi connectivity index (χ3n) is 3.41. The fourth-order valence-electron chi connectivity index (χ4n) is 2.07. The molecule has 0 radical (unpaired) electrons. The molecule has 0 aliphatic heterocycles. The highest BCUT2D eigenvalue weighted by atomic mass is 16.5. The number of methoxy groups -OCH3 is 1. The van der Waals surface area contributed by atoms with E-state index in [1.807, 2.05) is 30.3 Å². The summed E-state index contributed by atoms with van der Waals surface area (Å²) in [5.41, 5.74) is 0.634. The van der Waals surface area contributed by atoms with Gasteiger partial charge >= 0.3 is 0 Å². The van der Waals surface area contributed by atoms with E-state index < -0.39 is 5.60 Å². The smallest absolute Gasteiger partial charge is 0.220 e. The maximum Gasteiger partial charge on any atom is 0.220 e. The largest absolute Gasteiger partial charge is 0.372 e. The van der Waals surface area contributed by atoms with Gasteiger partial charge in [-0.3, -0.25) is 4.79 Å². The quantitative estimate of drug-likeness (QED) is 0.730. The van der Waals surface area contributed by atoms with Gasteiger partial charge in [0, 0.05) is 13.5 Å². The molecule has 3 heteroatoms. The molecular formula is C16H23NO2. The Morgan fingerprint density at radius 2 is 2.11 bits per heavy atom. The summed E-state index contributed by atoms with van der Waals surface area (Å²) in [6.07, 6.45) is 3.72. The Morgan fingerprint density at radius 1 is 1.42 bits per heavy atom. The van der Waals surface area contributed by atoms with Crippen molar-refractivity contribution in [3.05, 3.63) is 48.6 Å². The topological polar surface area (TPSA) is 38.3 Å². The first-order valence-electron chi connectivity index (χ1n) is 6.66. The highest BCUT2D eigenvalue weighted by Crippen LogP contribution is 2.27. The molecule has 0 heterocycles. The van der Waals surface area contributed by atoms with Gasteiger partial charge in [0.25, 0.3) is 0 Å². The van der Waals surface area contributed by atoms with Crippen molar-refractivity contribution in [3.63, 3.8) is 0 Å². The first-order valence-corrected chi connectivity index (χ1v) is 6.66. The molecule has 0 aromatic heterocycles. The lowest BCUT2D eigenvalue weighted by Crippen LogP contribution is -2.41. The Balaban J connectivity index is 2.72. The minimum Gasteiger partial charge on any atom is -0.372 e. The Labute approximate surface area is 115 Å². The SMILES string of the molecule is C=CCCC(=O)NCC(CC)(OC)c1ccccc1. The molecule has 1 aromatic carbocycles. The zero-order valence-corrected chi connectivity index (χ0v) is 11.8. The molecule has 104 valence electrons. The molecule has 0 fully saturated rings. The molecule has 1 atom stereocenters. The van der Waals surface area contributed by atoms with E-state index in [0.717, 1.165) is 12.0 Å². The Bertz CT molecular complexity index is 396. The second-order valence-corrected chi connectivity index (χ2v) is 4.52. The van der Waals surface area contributed by atoms with Gasteiger partial charge in [0.05, 0.1) is 6.54 Å². The molecule has 0 bridgehead atoms. The van der Waals surface area contributed by atoms with Crippen LogP contribution in [-0.4, -0.2) is 19.6 Å². The first-order chi connectivity index (χ1) is 9.18. The number of rotatable bonds is 8. The lowest BCUT2D eigenvalue weighted by molar-refractivity contribution is -0.122. The molecule has 19 heavy (non-hydrogen) atoms. The average Bonchev–Trinajstić information content (AvgIpc) is 2.48. The number of allylic oxidation sites excluding steroid dienone is 1. The second-order valence-electron chi connectivity index (χ2n) is 4.52. The first kappa shape index (κ1) is 15.4. The molecule has 1 aromatic rings. The van der Waals surface area contributed by atoms with Crippen LogP contribution in [0, 0.1) is 0 Å². The van der Waals surface area contributed by atoms with Gasteiger partial charge in [-0.05, 0) is 18.4 Å². The van der Waals surface area contributed by atoms with Crippen molar-refractivity contribution >= 4 is 5.91 Å². The van der Waals surface area contributed by atoms with Crippen LogP contribution in [0.1, 0.15) is 31.7 Å². The number of hydrogen-bond donors (Lipinski definition) is 1. The van der Waals surface area contributed by atoms with Gasteiger partial charge in [-0.2, -0.15) is 0 Å². The number of hydrogen-bond acceptors (Lipinski definition) is 2. The van der Waals surface area contributed by atoms with E-state index in [1.54, 1.807) is 13.2 Å². The third kappa shape index (κ3) is 4.21. The van der Waals surface area contributed by atoms with Gasteiger partial charge < -0.3 is 10.1 Å². The van der Waals surface area contributed by atoms with Crippen molar-refractivity contribution in [1.82, 2.24) is 5.32 Å². The predicted octanol–water partition coefficient (Wildman–Crippen LogP) is 3.02. The third-order valence-corrected chi connectivity index (χ3v) is 3.41. The van der Waals surface area contributed by atoms with Crippen LogP contribution in [0.15, 0.2) is 43.0 Å². The summed E-state index contributed by atoms with van der Waals surface area (Å²) in [5.74, 6) is 0.0331. The van der Waals surface area contributed by atoms with Crippen molar-refractivity contribution in [3.8, 4) is 0 Å². The molecule has 1 rings (SSSR count). The van der Waals surface area contributed by atoms with E-state index in [2.05, 4.69) is 18.8 Å².